The summed E-state index contributed by atoms with van der Waals surface area (Å²) in [6.07, 6.45) is 6.19. The van der Waals surface area contributed by atoms with E-state index in [0.29, 0.717) is 17.2 Å². The van der Waals surface area contributed by atoms with Gasteiger partial charge in [-0.15, -0.1) is 0 Å². The molecule has 2 nitrogen and oxygen atoms in total. The van der Waals surface area contributed by atoms with Gasteiger partial charge in [0.25, 0.3) is 0 Å². The van der Waals surface area contributed by atoms with E-state index in [1.807, 2.05) is 20.0 Å². The van der Waals surface area contributed by atoms with Crippen LogP contribution in [-0.4, -0.2) is 13.2 Å². The molecule has 1 aliphatic rings. The summed E-state index contributed by atoms with van der Waals surface area (Å²) in [5.74, 6) is 1.12. The molecule has 1 fully saturated rings. The van der Waals surface area contributed by atoms with Crippen LogP contribution < -0.4 is 10.1 Å². The molecule has 1 aromatic carbocycles. The van der Waals surface area contributed by atoms with Crippen molar-refractivity contribution in [2.24, 2.45) is 5.92 Å². The number of halogens is 1. The highest BCUT2D eigenvalue weighted by atomic mass is 19.1. The van der Waals surface area contributed by atoms with Crippen LogP contribution in [-0.2, 0) is 0 Å². The summed E-state index contributed by atoms with van der Waals surface area (Å²) in [6.45, 7) is 4.18. The fourth-order valence-electron chi connectivity index (χ4n) is 3.14. The Balaban J connectivity index is 2.21. The molecule has 0 radical (unpaired) electrons. The van der Waals surface area contributed by atoms with Crippen LogP contribution in [0.2, 0.25) is 0 Å². The first-order valence-corrected chi connectivity index (χ1v) is 7.79. The van der Waals surface area contributed by atoms with Gasteiger partial charge in [-0.25, -0.2) is 4.39 Å². The van der Waals surface area contributed by atoms with Crippen LogP contribution in [0.1, 0.15) is 57.6 Å². The lowest BCUT2D eigenvalue weighted by molar-refractivity contribution is 0.0884. The van der Waals surface area contributed by atoms with Crippen molar-refractivity contribution < 1.29 is 9.13 Å². The van der Waals surface area contributed by atoms with Crippen molar-refractivity contribution in [3.63, 3.8) is 0 Å². The molecule has 3 atom stereocenters. The van der Waals surface area contributed by atoms with E-state index in [1.54, 1.807) is 6.07 Å². The summed E-state index contributed by atoms with van der Waals surface area (Å²) in [5, 5.41) is 3.10. The second kappa shape index (κ2) is 7.07. The molecule has 1 saturated carbocycles. The number of nitrogens with one attached hydrogen (secondary N) is 1. The van der Waals surface area contributed by atoms with Crippen LogP contribution in [0.25, 0.3) is 0 Å². The van der Waals surface area contributed by atoms with Crippen molar-refractivity contribution in [1.29, 1.82) is 0 Å². The Morgan fingerprint density at radius 2 is 2.10 bits per heavy atom. The van der Waals surface area contributed by atoms with Gasteiger partial charge in [0, 0.05) is 11.6 Å². The largest absolute Gasteiger partial charge is 0.490 e. The minimum Gasteiger partial charge on any atom is -0.490 e. The third-order valence-electron chi connectivity index (χ3n) is 4.52. The first-order chi connectivity index (χ1) is 9.67. The van der Waals surface area contributed by atoms with Gasteiger partial charge in [0.05, 0.1) is 0 Å². The second-order valence-corrected chi connectivity index (χ2v) is 5.77. The summed E-state index contributed by atoms with van der Waals surface area (Å²) in [6, 6.07) is 5.09. The van der Waals surface area contributed by atoms with Gasteiger partial charge in [-0.05, 0) is 57.7 Å². The summed E-state index contributed by atoms with van der Waals surface area (Å²) < 4.78 is 20.3. The lowest BCUT2D eigenvalue weighted by atomic mass is 9.84. The van der Waals surface area contributed by atoms with Crippen LogP contribution in [0.3, 0.4) is 0 Å². The molecular weight excluding hydrogens is 253 g/mol. The first-order valence-electron chi connectivity index (χ1n) is 7.79. The Kier molecular flexibility index (Phi) is 5.41. The molecule has 3 unspecified atom stereocenters. The number of hydrogen-bond acceptors (Lipinski definition) is 2. The molecule has 0 heterocycles. The van der Waals surface area contributed by atoms with E-state index >= 15 is 0 Å². The predicted octanol–water partition coefficient (Wildman–Crippen LogP) is 4.45. The molecule has 112 valence electrons. The second-order valence-electron chi connectivity index (χ2n) is 5.77. The lowest BCUT2D eigenvalue weighted by Gasteiger charge is -2.32. The van der Waals surface area contributed by atoms with Gasteiger partial charge < -0.3 is 10.1 Å². The van der Waals surface area contributed by atoms with Gasteiger partial charge in [0.15, 0.2) is 0 Å². The van der Waals surface area contributed by atoms with Gasteiger partial charge in [-0.3, -0.25) is 0 Å². The molecule has 1 aliphatic carbocycles. The Labute approximate surface area is 121 Å². The molecule has 0 spiro atoms. The van der Waals surface area contributed by atoms with E-state index in [2.05, 4.69) is 12.2 Å². The van der Waals surface area contributed by atoms with E-state index in [9.17, 15) is 4.39 Å². The first kappa shape index (κ1) is 15.3. The summed E-state index contributed by atoms with van der Waals surface area (Å²) in [4.78, 5) is 0. The standard InChI is InChI=1S/C17H26FNO/c1-4-13-8-5-6-10-15(13)20-16-11-7-9-14(18)17(16)12(2)19-3/h7,9,11-13,15,19H,4-6,8,10H2,1-3H3. The maximum atomic E-state index is 14.1. The summed E-state index contributed by atoms with van der Waals surface area (Å²) in [7, 11) is 1.84. The predicted molar refractivity (Wildman–Crippen MR) is 80.5 cm³/mol. The van der Waals surface area contributed by atoms with Crippen LogP contribution in [0.5, 0.6) is 5.75 Å². The van der Waals surface area contributed by atoms with Gasteiger partial charge in [-0.2, -0.15) is 0 Å². The van der Waals surface area contributed by atoms with E-state index in [-0.39, 0.29) is 18.0 Å². The molecule has 20 heavy (non-hydrogen) atoms. The Hall–Kier alpha value is -1.09. The van der Waals surface area contributed by atoms with Gasteiger partial charge in [0.2, 0.25) is 0 Å². The highest BCUT2D eigenvalue weighted by Crippen LogP contribution is 2.34. The van der Waals surface area contributed by atoms with Gasteiger partial charge in [-0.1, -0.05) is 19.4 Å². The maximum Gasteiger partial charge on any atom is 0.131 e. The highest BCUT2D eigenvalue weighted by Gasteiger charge is 2.27. The lowest BCUT2D eigenvalue weighted by Crippen LogP contribution is -2.30. The number of hydrogen-bond donors (Lipinski definition) is 1. The fourth-order valence-corrected chi connectivity index (χ4v) is 3.14. The van der Waals surface area contributed by atoms with Crippen molar-refractivity contribution in [3.8, 4) is 5.75 Å². The number of benzene rings is 1. The van der Waals surface area contributed by atoms with Crippen molar-refractivity contribution in [1.82, 2.24) is 5.32 Å². The molecule has 0 aromatic heterocycles. The smallest absolute Gasteiger partial charge is 0.131 e. The molecule has 1 aromatic rings. The molecule has 2 rings (SSSR count). The summed E-state index contributed by atoms with van der Waals surface area (Å²) >= 11 is 0. The Morgan fingerprint density at radius 3 is 2.80 bits per heavy atom. The van der Waals surface area contributed by atoms with E-state index < -0.39 is 0 Å². The normalized spacial score (nSPS) is 24.4. The van der Waals surface area contributed by atoms with Crippen molar-refractivity contribution in [3.05, 3.63) is 29.6 Å². The third kappa shape index (κ3) is 3.32. The van der Waals surface area contributed by atoms with Crippen LogP contribution in [0.4, 0.5) is 4.39 Å². The zero-order valence-electron chi connectivity index (χ0n) is 12.8. The molecular formula is C17H26FNO. The average molecular weight is 279 g/mol. The molecule has 0 amide bonds. The Bertz CT molecular complexity index is 435. The molecule has 0 saturated heterocycles. The number of rotatable bonds is 5. The minimum absolute atomic E-state index is 0.0464. The SMILES string of the molecule is CCC1CCCCC1Oc1cccc(F)c1C(C)NC. The van der Waals surface area contributed by atoms with Crippen molar-refractivity contribution in [2.45, 2.75) is 58.1 Å². The zero-order chi connectivity index (χ0) is 14.5. The average Bonchev–Trinajstić information content (AvgIpc) is 2.47. The fraction of sp³-hybridized carbons (Fsp3) is 0.647. The van der Waals surface area contributed by atoms with Crippen molar-refractivity contribution >= 4 is 0 Å². The zero-order valence-corrected chi connectivity index (χ0v) is 12.8. The maximum absolute atomic E-state index is 14.1. The van der Waals surface area contributed by atoms with E-state index in [4.69, 9.17) is 4.74 Å². The molecule has 3 heteroatoms. The van der Waals surface area contributed by atoms with Crippen molar-refractivity contribution in [2.75, 3.05) is 7.05 Å². The molecule has 0 bridgehead atoms. The highest BCUT2D eigenvalue weighted by molar-refractivity contribution is 5.37. The number of ether oxygens (including phenoxy) is 1. The monoisotopic (exact) mass is 279 g/mol. The third-order valence-corrected chi connectivity index (χ3v) is 4.52. The van der Waals surface area contributed by atoms with Crippen LogP contribution in [0.15, 0.2) is 18.2 Å². The van der Waals surface area contributed by atoms with Crippen LogP contribution in [0, 0.1) is 11.7 Å². The topological polar surface area (TPSA) is 21.3 Å². The quantitative estimate of drug-likeness (QED) is 0.859. The Morgan fingerprint density at radius 1 is 1.35 bits per heavy atom. The minimum atomic E-state index is -0.187. The van der Waals surface area contributed by atoms with Gasteiger partial charge >= 0.3 is 0 Å². The van der Waals surface area contributed by atoms with E-state index in [0.717, 1.165) is 12.8 Å². The van der Waals surface area contributed by atoms with E-state index in [1.165, 1.54) is 25.3 Å². The molecule has 0 aliphatic heterocycles. The molecule has 1 N–H and O–H groups in total. The van der Waals surface area contributed by atoms with Gasteiger partial charge in [0.1, 0.15) is 17.7 Å². The van der Waals surface area contributed by atoms with Crippen LogP contribution >= 0.6 is 0 Å². The summed E-state index contributed by atoms with van der Waals surface area (Å²) in [5.41, 5.74) is 0.649.